The van der Waals surface area contributed by atoms with Gasteiger partial charge in [0, 0.05) is 17.5 Å². The number of carbonyl (C=O) groups excluding carboxylic acids is 1. The minimum absolute atomic E-state index is 0.0340. The maximum absolute atomic E-state index is 17.6. The number of halogens is 2. The highest BCUT2D eigenvalue weighted by atomic mass is 32.2. The molecule has 5 heterocycles. The van der Waals surface area contributed by atoms with Gasteiger partial charge in [-0.25, -0.2) is 36.9 Å². The SMILES string of the molecule is CCS(=O)(=O)c1nc2c3c(nc(-c4cccc5ccc(F)c(C#C[Si](C(C)C)(C(C)C)C(C)C)c45)c(F)c3n1)CCC[C@@H]1[C@@H]3CC[C@H](CN21)N3C(=O)OC(C)(C)C. The van der Waals surface area contributed by atoms with E-state index in [2.05, 4.69) is 62.9 Å². The van der Waals surface area contributed by atoms with E-state index >= 15 is 8.78 Å². The molecular weight excluding hydrogens is 761 g/mol. The van der Waals surface area contributed by atoms with Crippen LogP contribution in [0.25, 0.3) is 32.9 Å². The summed E-state index contributed by atoms with van der Waals surface area (Å²) in [6.07, 6.45) is 2.91. The lowest BCUT2D eigenvalue weighted by atomic mass is 9.92. The molecule has 3 aliphatic rings. The largest absolute Gasteiger partial charge is 0.444 e. The van der Waals surface area contributed by atoms with Crippen LogP contribution in [0.2, 0.25) is 16.6 Å². The molecule has 0 saturated carbocycles. The number of rotatable bonds is 6. The number of ether oxygens (including phenoxy) is 1. The van der Waals surface area contributed by atoms with Gasteiger partial charge in [0.05, 0.1) is 40.5 Å². The summed E-state index contributed by atoms with van der Waals surface area (Å²) in [5.41, 5.74) is 4.89. The Hall–Kier alpha value is -4.15. The Balaban J connectivity index is 1.46. The first kappa shape index (κ1) is 41.0. The quantitative estimate of drug-likeness (QED) is 0.108. The van der Waals surface area contributed by atoms with E-state index in [0.717, 1.165) is 12.8 Å². The average Bonchev–Trinajstić information content (AvgIpc) is 3.47. The van der Waals surface area contributed by atoms with Crippen molar-refractivity contribution in [1.29, 1.82) is 0 Å². The number of sulfone groups is 1. The number of anilines is 1. The molecule has 2 saturated heterocycles. The Morgan fingerprint density at radius 3 is 2.30 bits per heavy atom. The molecule has 2 aromatic carbocycles. The lowest BCUT2D eigenvalue weighted by molar-refractivity contribution is 0.00700. The predicted molar refractivity (Wildman–Crippen MR) is 225 cm³/mol. The van der Waals surface area contributed by atoms with Crippen LogP contribution >= 0.6 is 0 Å². The molecule has 0 aliphatic carbocycles. The second-order valence-electron chi connectivity index (χ2n) is 17.9. The molecule has 2 fully saturated rings. The van der Waals surface area contributed by atoms with E-state index in [1.165, 1.54) is 13.0 Å². The summed E-state index contributed by atoms with van der Waals surface area (Å²) < 4.78 is 66.7. The third kappa shape index (κ3) is 6.98. The van der Waals surface area contributed by atoms with Crippen molar-refractivity contribution in [3.05, 3.63) is 53.2 Å². The van der Waals surface area contributed by atoms with Gasteiger partial charge in [-0.15, -0.1) is 5.54 Å². The summed E-state index contributed by atoms with van der Waals surface area (Å²) in [5, 5.41) is 1.06. The number of piperazine rings is 1. The van der Waals surface area contributed by atoms with Crippen LogP contribution in [0.1, 0.15) is 106 Å². The van der Waals surface area contributed by atoms with Gasteiger partial charge in [-0.1, -0.05) is 78.7 Å². The second kappa shape index (κ2) is 14.9. The highest BCUT2D eigenvalue weighted by Gasteiger charge is 2.51. The summed E-state index contributed by atoms with van der Waals surface area (Å²) in [5.74, 6) is 2.06. The lowest BCUT2D eigenvalue weighted by Crippen LogP contribution is -2.62. The van der Waals surface area contributed by atoms with Crippen LogP contribution in [0.4, 0.5) is 19.4 Å². The Morgan fingerprint density at radius 1 is 0.947 bits per heavy atom. The van der Waals surface area contributed by atoms with Gasteiger partial charge in [-0.2, -0.15) is 0 Å². The van der Waals surface area contributed by atoms with Crippen LogP contribution in [-0.2, 0) is 21.0 Å². The summed E-state index contributed by atoms with van der Waals surface area (Å²) in [7, 11) is -6.28. The van der Waals surface area contributed by atoms with E-state index in [4.69, 9.17) is 14.7 Å². The van der Waals surface area contributed by atoms with E-state index < -0.39 is 40.3 Å². The van der Waals surface area contributed by atoms with Crippen LogP contribution in [-0.4, -0.2) is 78.5 Å². The van der Waals surface area contributed by atoms with Gasteiger partial charge in [-0.05, 0) is 81.0 Å². The zero-order chi connectivity index (χ0) is 41.4. The zero-order valence-corrected chi connectivity index (χ0v) is 36.7. The van der Waals surface area contributed by atoms with Crippen LogP contribution in [0.5, 0.6) is 0 Å². The number of carbonyl (C=O) groups is 1. The first-order chi connectivity index (χ1) is 26.8. The van der Waals surface area contributed by atoms with Crippen LogP contribution in [0.15, 0.2) is 35.5 Å². The van der Waals surface area contributed by atoms with E-state index in [9.17, 15) is 13.2 Å². The smallest absolute Gasteiger partial charge is 0.410 e. The summed E-state index contributed by atoms with van der Waals surface area (Å²) in [4.78, 5) is 31.7. The maximum Gasteiger partial charge on any atom is 0.410 e. The molecule has 2 aromatic heterocycles. The second-order valence-corrected chi connectivity index (χ2v) is 25.7. The Kier molecular flexibility index (Phi) is 10.7. The van der Waals surface area contributed by atoms with E-state index in [-0.39, 0.29) is 46.7 Å². The number of nitrogens with zero attached hydrogens (tertiary/aromatic N) is 5. The Morgan fingerprint density at radius 2 is 1.65 bits per heavy atom. The van der Waals surface area contributed by atoms with Crippen molar-refractivity contribution in [2.45, 2.75) is 147 Å². The Labute approximate surface area is 336 Å². The number of hydrogen-bond donors (Lipinski definition) is 0. The van der Waals surface area contributed by atoms with Crippen LogP contribution in [0.3, 0.4) is 0 Å². The number of hydrogen-bond acceptors (Lipinski definition) is 8. The molecule has 3 atom stereocenters. The molecule has 0 unspecified atom stereocenters. The summed E-state index contributed by atoms with van der Waals surface area (Å²) in [6, 6.07) is 7.86. The number of aromatic nitrogens is 3. The fourth-order valence-electron chi connectivity index (χ4n) is 10.0. The third-order valence-electron chi connectivity index (χ3n) is 12.6. The normalized spacial score (nSPS) is 19.9. The first-order valence-electron chi connectivity index (χ1n) is 20.5. The number of fused-ring (bicyclic) bond motifs is 6. The monoisotopic (exact) mass is 815 g/mol. The van der Waals surface area contributed by atoms with Crippen LogP contribution < -0.4 is 4.90 Å². The fraction of sp³-hybridized carbons (Fsp3) is 0.545. The number of benzene rings is 2. The van der Waals surface area contributed by atoms with E-state index in [0.29, 0.717) is 75.7 Å². The minimum Gasteiger partial charge on any atom is -0.444 e. The topological polar surface area (TPSA) is 106 Å². The number of amides is 1. The summed E-state index contributed by atoms with van der Waals surface area (Å²) in [6.45, 7) is 20.6. The molecule has 2 bridgehead atoms. The Bertz CT molecular complexity index is 2420. The van der Waals surface area contributed by atoms with E-state index in [1.807, 2.05) is 31.7 Å². The maximum atomic E-state index is 17.6. The number of pyridine rings is 1. The average molecular weight is 816 g/mol. The van der Waals surface area contributed by atoms with Gasteiger partial charge in [0.2, 0.25) is 15.0 Å². The van der Waals surface area contributed by atoms with Crippen molar-refractivity contribution < 1.29 is 26.7 Å². The van der Waals surface area contributed by atoms with E-state index in [1.54, 1.807) is 18.2 Å². The van der Waals surface area contributed by atoms with Crippen molar-refractivity contribution in [3.8, 4) is 22.7 Å². The highest BCUT2D eigenvalue weighted by molar-refractivity contribution is 7.91. The molecule has 3 aliphatic heterocycles. The molecule has 0 radical (unpaired) electrons. The lowest BCUT2D eigenvalue weighted by Gasteiger charge is -2.48. The zero-order valence-electron chi connectivity index (χ0n) is 34.8. The standard InChI is InChI=1S/C44H55F2N5O4SSi/c1-11-56(53,54)42-48-40-37-33(16-13-17-34-35-21-19-29(24-50(34)41(37)49-42)51(35)43(52)55-44(8,9)10)47-39(38(40)46)31-15-12-14-28-18-20-32(45)30(36(28)31)22-23-57(25(2)3,26(4)5)27(6)7/h12,14-15,18,20,25-27,29,34-35H,11,13,16-17,19,21,24H2,1-10H3/t29-,34-,35+/m1/s1. The van der Waals surface area contributed by atoms with Gasteiger partial charge in [0.1, 0.15) is 36.5 Å². The molecule has 304 valence electrons. The van der Waals surface area contributed by atoms with Gasteiger partial charge < -0.3 is 9.64 Å². The molecule has 13 heteroatoms. The molecular formula is C44H55F2N5O4SSi. The van der Waals surface area contributed by atoms with Crippen molar-refractivity contribution >= 4 is 51.5 Å². The highest BCUT2D eigenvalue weighted by Crippen LogP contribution is 2.45. The number of aryl methyl sites for hydroxylation is 1. The van der Waals surface area contributed by atoms with Crippen molar-refractivity contribution in [2.75, 3.05) is 17.2 Å². The fourth-order valence-corrected chi connectivity index (χ4v) is 15.9. The molecule has 7 rings (SSSR count). The molecule has 0 spiro atoms. The van der Waals surface area contributed by atoms with Gasteiger partial charge in [0.25, 0.3) is 0 Å². The molecule has 0 N–H and O–H groups in total. The van der Waals surface area contributed by atoms with Crippen molar-refractivity contribution in [1.82, 2.24) is 19.9 Å². The van der Waals surface area contributed by atoms with Crippen LogP contribution in [0, 0.1) is 23.1 Å². The van der Waals surface area contributed by atoms with Gasteiger partial charge in [-0.3, -0.25) is 4.90 Å². The molecule has 4 aromatic rings. The van der Waals surface area contributed by atoms with Gasteiger partial charge >= 0.3 is 6.09 Å². The van der Waals surface area contributed by atoms with Crippen molar-refractivity contribution in [2.24, 2.45) is 0 Å². The van der Waals surface area contributed by atoms with Crippen molar-refractivity contribution in [3.63, 3.8) is 0 Å². The minimum atomic E-state index is -3.99. The predicted octanol–water partition coefficient (Wildman–Crippen LogP) is 9.78. The third-order valence-corrected chi connectivity index (χ3v) is 20.4. The molecule has 9 nitrogen and oxygen atoms in total. The molecule has 1 amide bonds. The molecule has 57 heavy (non-hydrogen) atoms. The summed E-state index contributed by atoms with van der Waals surface area (Å²) >= 11 is 0. The van der Waals surface area contributed by atoms with Gasteiger partial charge in [0.15, 0.2) is 5.82 Å². The first-order valence-corrected chi connectivity index (χ1v) is 24.3.